The number of nitrogens with one attached hydrogen (secondary N) is 1. The summed E-state index contributed by atoms with van der Waals surface area (Å²) in [6, 6.07) is 16.6. The van der Waals surface area contributed by atoms with Crippen molar-refractivity contribution in [1.29, 1.82) is 0 Å². The van der Waals surface area contributed by atoms with E-state index in [1.807, 2.05) is 6.92 Å². The van der Waals surface area contributed by atoms with E-state index < -0.39 is 32.5 Å². The third-order valence-corrected chi connectivity index (χ3v) is 10.1. The van der Waals surface area contributed by atoms with Gasteiger partial charge in [0.2, 0.25) is 15.9 Å². The number of rotatable bonds is 9. The number of carbonyl (C=O) groups excluding carboxylic acids is 1. The lowest BCUT2D eigenvalue weighted by atomic mass is 10.2. The number of methoxy groups -OCH3 is 1. The Morgan fingerprint density at radius 1 is 0.947 bits per heavy atom. The Bertz CT molecular complexity index is 1520. The summed E-state index contributed by atoms with van der Waals surface area (Å²) >= 11 is 5.93. The van der Waals surface area contributed by atoms with Crippen molar-refractivity contribution >= 4 is 48.9 Å². The van der Waals surface area contributed by atoms with Crippen LogP contribution in [0.25, 0.3) is 0 Å². The van der Waals surface area contributed by atoms with Crippen LogP contribution in [0.2, 0.25) is 5.02 Å². The molecule has 0 aliphatic carbocycles. The Hall–Kier alpha value is -3.12. The Morgan fingerprint density at radius 2 is 1.55 bits per heavy atom. The number of hydrogen-bond acceptors (Lipinski definition) is 6. The highest BCUT2D eigenvalue weighted by Gasteiger charge is 2.30. The second-order valence-corrected chi connectivity index (χ2v) is 13.1. The quantitative estimate of drug-likeness (QED) is 0.406. The smallest absolute Gasteiger partial charge is 0.264 e. The van der Waals surface area contributed by atoms with Crippen LogP contribution in [0.15, 0.2) is 76.5 Å². The molecule has 0 aromatic heterocycles. The van der Waals surface area contributed by atoms with Crippen molar-refractivity contribution in [1.82, 2.24) is 4.31 Å². The summed E-state index contributed by atoms with van der Waals surface area (Å²) in [6.07, 6.45) is 1.58. The highest BCUT2D eigenvalue weighted by Crippen LogP contribution is 2.31. The summed E-state index contributed by atoms with van der Waals surface area (Å²) in [4.78, 5) is 13.2. The van der Waals surface area contributed by atoms with Crippen LogP contribution in [0, 0.1) is 6.92 Å². The molecular formula is C26H28ClN3O6S2. The molecule has 202 valence electrons. The van der Waals surface area contributed by atoms with Crippen LogP contribution in [0.5, 0.6) is 5.75 Å². The average molecular weight is 578 g/mol. The highest BCUT2D eigenvalue weighted by molar-refractivity contribution is 7.92. The molecule has 3 aromatic rings. The fourth-order valence-electron chi connectivity index (χ4n) is 4.10. The largest absolute Gasteiger partial charge is 0.495 e. The van der Waals surface area contributed by atoms with E-state index in [0.29, 0.717) is 18.1 Å². The molecule has 4 rings (SSSR count). The van der Waals surface area contributed by atoms with Gasteiger partial charge in [0.25, 0.3) is 10.0 Å². The van der Waals surface area contributed by atoms with Crippen LogP contribution >= 0.6 is 11.6 Å². The predicted molar refractivity (Wildman–Crippen MR) is 147 cm³/mol. The Labute approximate surface area is 228 Å². The van der Waals surface area contributed by atoms with Gasteiger partial charge in [-0.05, 0) is 74.4 Å². The lowest BCUT2D eigenvalue weighted by Gasteiger charge is -2.24. The molecule has 0 bridgehead atoms. The van der Waals surface area contributed by atoms with Crippen molar-refractivity contribution in [2.75, 3.05) is 36.4 Å². The summed E-state index contributed by atoms with van der Waals surface area (Å²) in [7, 11) is -6.50. The highest BCUT2D eigenvalue weighted by atomic mass is 35.5. The molecular weight excluding hydrogens is 550 g/mol. The van der Waals surface area contributed by atoms with Crippen LogP contribution in [0.1, 0.15) is 18.4 Å². The number of ether oxygens (including phenoxy) is 1. The summed E-state index contributed by atoms with van der Waals surface area (Å²) in [5, 5.41) is 3.01. The van der Waals surface area contributed by atoms with E-state index in [2.05, 4.69) is 5.32 Å². The van der Waals surface area contributed by atoms with Gasteiger partial charge >= 0.3 is 0 Å². The number of amides is 1. The first-order valence-electron chi connectivity index (χ1n) is 11.9. The zero-order valence-corrected chi connectivity index (χ0v) is 23.3. The third kappa shape index (κ3) is 5.96. The molecule has 0 saturated carbocycles. The first-order valence-corrected chi connectivity index (χ1v) is 15.1. The molecule has 0 unspecified atom stereocenters. The van der Waals surface area contributed by atoms with Crippen LogP contribution in [-0.4, -0.2) is 53.8 Å². The van der Waals surface area contributed by atoms with Gasteiger partial charge in [0.15, 0.2) is 0 Å². The lowest BCUT2D eigenvalue weighted by Crippen LogP contribution is -2.38. The lowest BCUT2D eigenvalue weighted by molar-refractivity contribution is -0.114. The molecule has 3 aromatic carbocycles. The maximum absolute atomic E-state index is 13.6. The molecule has 38 heavy (non-hydrogen) atoms. The number of benzene rings is 3. The molecule has 1 N–H and O–H groups in total. The van der Waals surface area contributed by atoms with E-state index >= 15 is 0 Å². The van der Waals surface area contributed by atoms with Gasteiger partial charge in [-0.25, -0.2) is 16.8 Å². The SMILES string of the molecule is COc1ccc(S(=O)(=O)N2CCCC2)cc1NC(=O)CN(c1ccc(C)cc1)S(=O)(=O)c1ccc(Cl)cc1. The van der Waals surface area contributed by atoms with E-state index in [0.717, 1.165) is 22.7 Å². The molecule has 9 nitrogen and oxygen atoms in total. The van der Waals surface area contributed by atoms with Crippen molar-refractivity contribution < 1.29 is 26.4 Å². The van der Waals surface area contributed by atoms with E-state index in [-0.39, 0.29) is 26.9 Å². The zero-order valence-electron chi connectivity index (χ0n) is 20.9. The second-order valence-electron chi connectivity index (χ2n) is 8.82. The van der Waals surface area contributed by atoms with Crippen LogP contribution in [-0.2, 0) is 24.8 Å². The number of nitrogens with zero attached hydrogens (tertiary/aromatic N) is 2. The van der Waals surface area contributed by atoms with Crippen LogP contribution < -0.4 is 14.4 Å². The summed E-state index contributed by atoms with van der Waals surface area (Å²) in [6.45, 7) is 2.17. The Kier molecular flexibility index (Phi) is 8.31. The van der Waals surface area contributed by atoms with Gasteiger partial charge in [0.1, 0.15) is 12.3 Å². The average Bonchev–Trinajstić information content (AvgIpc) is 3.44. The van der Waals surface area contributed by atoms with E-state index in [9.17, 15) is 21.6 Å². The minimum absolute atomic E-state index is 0.0136. The van der Waals surface area contributed by atoms with Gasteiger partial charge in [0.05, 0.1) is 28.3 Å². The molecule has 1 heterocycles. The molecule has 1 aliphatic rings. The topological polar surface area (TPSA) is 113 Å². The number of anilines is 2. The van der Waals surface area contributed by atoms with Crippen LogP contribution in [0.3, 0.4) is 0 Å². The summed E-state index contributed by atoms with van der Waals surface area (Å²) in [5.74, 6) is -0.446. The molecule has 1 fully saturated rings. The van der Waals surface area contributed by atoms with Gasteiger partial charge < -0.3 is 10.1 Å². The fraction of sp³-hybridized carbons (Fsp3) is 0.269. The van der Waals surface area contributed by atoms with E-state index in [4.69, 9.17) is 16.3 Å². The molecule has 1 amide bonds. The standard InChI is InChI=1S/C26H28ClN3O6S2/c1-19-5-9-21(10-6-19)30(38(34,35)22-11-7-20(27)8-12-22)18-26(31)28-24-17-23(13-14-25(24)36-2)37(32,33)29-15-3-4-16-29/h5-14,17H,3-4,15-16,18H2,1-2H3,(H,28,31). The van der Waals surface area contributed by atoms with E-state index in [1.54, 1.807) is 24.3 Å². The number of sulfonamides is 2. The number of aryl methyl sites for hydroxylation is 1. The minimum atomic E-state index is -4.15. The first kappa shape index (κ1) is 27.9. The molecule has 1 saturated heterocycles. The maximum atomic E-state index is 13.6. The van der Waals surface area contributed by atoms with Crippen molar-refractivity contribution in [3.05, 3.63) is 77.3 Å². The van der Waals surface area contributed by atoms with Gasteiger partial charge in [0, 0.05) is 18.1 Å². The second kappa shape index (κ2) is 11.3. The summed E-state index contributed by atoms with van der Waals surface area (Å²) < 4.78 is 60.9. The van der Waals surface area contributed by atoms with Gasteiger partial charge in [-0.2, -0.15) is 4.31 Å². The Balaban J connectivity index is 1.65. The maximum Gasteiger partial charge on any atom is 0.264 e. The van der Waals surface area contributed by atoms with Crippen LogP contribution in [0.4, 0.5) is 11.4 Å². The number of carbonyl (C=O) groups is 1. The molecule has 1 aliphatic heterocycles. The molecule has 12 heteroatoms. The Morgan fingerprint density at radius 3 is 2.16 bits per heavy atom. The van der Waals surface area contributed by atoms with Gasteiger partial charge in [-0.3, -0.25) is 9.10 Å². The fourth-order valence-corrected chi connectivity index (χ4v) is 7.19. The van der Waals surface area contributed by atoms with Crippen molar-refractivity contribution in [2.24, 2.45) is 0 Å². The number of halogens is 1. The van der Waals surface area contributed by atoms with Gasteiger partial charge in [-0.1, -0.05) is 29.3 Å². The monoisotopic (exact) mass is 577 g/mol. The predicted octanol–water partition coefficient (Wildman–Crippen LogP) is 4.28. The molecule has 0 radical (unpaired) electrons. The van der Waals surface area contributed by atoms with E-state index in [1.165, 1.54) is 53.9 Å². The third-order valence-electron chi connectivity index (χ3n) is 6.16. The molecule has 0 atom stereocenters. The molecule has 0 spiro atoms. The normalized spacial score (nSPS) is 14.3. The van der Waals surface area contributed by atoms with Gasteiger partial charge in [-0.15, -0.1) is 0 Å². The van der Waals surface area contributed by atoms with Crippen molar-refractivity contribution in [2.45, 2.75) is 29.6 Å². The van der Waals surface area contributed by atoms with Crippen molar-refractivity contribution in [3.8, 4) is 5.75 Å². The zero-order chi connectivity index (χ0) is 27.5. The first-order chi connectivity index (χ1) is 18.0. The van der Waals surface area contributed by atoms with Crippen molar-refractivity contribution in [3.63, 3.8) is 0 Å². The summed E-state index contributed by atoms with van der Waals surface area (Å²) in [5.41, 5.74) is 1.33. The number of hydrogen-bond donors (Lipinski definition) is 1. The minimum Gasteiger partial charge on any atom is -0.495 e.